The summed E-state index contributed by atoms with van der Waals surface area (Å²) in [6.07, 6.45) is 0.353. The third-order valence-corrected chi connectivity index (χ3v) is 1.61. The van der Waals surface area contributed by atoms with Gasteiger partial charge in [0.2, 0.25) is 0 Å². The Balaban J connectivity index is 4.52. The maximum atomic E-state index is 11.3. The average Bonchev–Trinajstić information content (AvgIpc) is 1.99. The van der Waals surface area contributed by atoms with Gasteiger partial charge in [-0.15, -0.1) is 6.58 Å². The summed E-state index contributed by atoms with van der Waals surface area (Å²) >= 11 is 0. The van der Waals surface area contributed by atoms with Crippen LogP contribution in [-0.2, 0) is 9.53 Å². The Hall–Kier alpha value is -1.52. The number of alkyl carbamates (subject to hydrolysis) is 1. The molecule has 0 aromatic rings. The quantitative estimate of drug-likeness (QED) is 0.700. The Morgan fingerprint density at radius 2 is 1.80 bits per heavy atom. The molecule has 0 spiro atoms. The van der Waals surface area contributed by atoms with Crippen LogP contribution in [-0.4, -0.2) is 28.3 Å². The molecule has 15 heavy (non-hydrogen) atoms. The molecule has 0 rings (SSSR count). The normalized spacial score (nSPS) is 14.9. The fraction of sp³-hybridized carbons (Fsp3) is 0.600. The maximum absolute atomic E-state index is 11.3. The van der Waals surface area contributed by atoms with Crippen molar-refractivity contribution in [3.05, 3.63) is 12.7 Å². The van der Waals surface area contributed by atoms with Crippen molar-refractivity contribution >= 4 is 12.1 Å². The molecular formula is C10H17NO4. The standard InChI is InChI=1S/C10H17NO4/c1-6-10(5,7(12)13)11-8(14)15-9(2,3)4/h6H,1H2,2-5H3,(H,11,14)(H,12,13)/t10-/m1/s1. The van der Waals surface area contributed by atoms with Gasteiger partial charge in [-0.25, -0.2) is 9.59 Å². The van der Waals surface area contributed by atoms with Gasteiger partial charge < -0.3 is 15.2 Å². The summed E-state index contributed by atoms with van der Waals surface area (Å²) in [5.74, 6) is -1.19. The van der Waals surface area contributed by atoms with Crippen molar-refractivity contribution < 1.29 is 19.4 Å². The van der Waals surface area contributed by atoms with Crippen LogP contribution in [0.15, 0.2) is 12.7 Å². The molecule has 0 heterocycles. The van der Waals surface area contributed by atoms with Gasteiger partial charge in [0.15, 0.2) is 5.54 Å². The molecule has 0 aliphatic rings. The number of amides is 1. The van der Waals surface area contributed by atoms with Crippen LogP contribution in [0.5, 0.6) is 0 Å². The third-order valence-electron chi connectivity index (χ3n) is 1.61. The zero-order valence-electron chi connectivity index (χ0n) is 9.46. The molecule has 0 aromatic carbocycles. The predicted octanol–water partition coefficient (Wildman–Crippen LogP) is 1.54. The number of carboxylic acid groups (broad SMARTS) is 1. The van der Waals surface area contributed by atoms with E-state index in [0.717, 1.165) is 6.08 Å². The summed E-state index contributed by atoms with van der Waals surface area (Å²) in [7, 11) is 0. The van der Waals surface area contributed by atoms with E-state index in [9.17, 15) is 9.59 Å². The van der Waals surface area contributed by atoms with Gasteiger partial charge in [-0.3, -0.25) is 0 Å². The smallest absolute Gasteiger partial charge is 0.408 e. The highest BCUT2D eigenvalue weighted by atomic mass is 16.6. The monoisotopic (exact) mass is 215 g/mol. The summed E-state index contributed by atoms with van der Waals surface area (Å²) in [4.78, 5) is 22.1. The molecule has 1 atom stereocenters. The van der Waals surface area contributed by atoms with Crippen LogP contribution in [0.3, 0.4) is 0 Å². The molecule has 0 fully saturated rings. The van der Waals surface area contributed by atoms with Crippen molar-refractivity contribution in [3.63, 3.8) is 0 Å². The van der Waals surface area contributed by atoms with Crippen LogP contribution in [0.2, 0.25) is 0 Å². The topological polar surface area (TPSA) is 75.6 Å². The highest BCUT2D eigenvalue weighted by Gasteiger charge is 2.33. The van der Waals surface area contributed by atoms with Gasteiger partial charge in [-0.1, -0.05) is 6.08 Å². The number of ether oxygens (including phenoxy) is 1. The second kappa shape index (κ2) is 4.33. The SMILES string of the molecule is C=C[C@@](C)(NC(=O)OC(C)(C)C)C(=O)O. The Kier molecular flexibility index (Phi) is 3.90. The highest BCUT2D eigenvalue weighted by molar-refractivity contribution is 5.86. The lowest BCUT2D eigenvalue weighted by Crippen LogP contribution is -2.51. The molecule has 5 heteroatoms. The summed E-state index contributed by atoms with van der Waals surface area (Å²) in [5, 5.41) is 11.1. The van der Waals surface area contributed by atoms with E-state index in [4.69, 9.17) is 9.84 Å². The highest BCUT2D eigenvalue weighted by Crippen LogP contribution is 2.10. The van der Waals surface area contributed by atoms with Gasteiger partial charge in [0.25, 0.3) is 0 Å². The number of hydrogen-bond donors (Lipinski definition) is 2. The van der Waals surface area contributed by atoms with Crippen molar-refractivity contribution in [2.75, 3.05) is 0 Å². The number of carbonyl (C=O) groups is 2. The largest absolute Gasteiger partial charge is 0.479 e. The third kappa shape index (κ3) is 4.49. The zero-order valence-corrected chi connectivity index (χ0v) is 9.46. The molecular weight excluding hydrogens is 198 g/mol. The second-order valence-electron chi connectivity index (χ2n) is 4.34. The van der Waals surface area contributed by atoms with Crippen molar-refractivity contribution in [2.24, 2.45) is 0 Å². The number of hydrogen-bond acceptors (Lipinski definition) is 3. The molecule has 5 nitrogen and oxygen atoms in total. The van der Waals surface area contributed by atoms with Gasteiger partial charge in [0, 0.05) is 0 Å². The van der Waals surface area contributed by atoms with E-state index in [1.165, 1.54) is 6.92 Å². The van der Waals surface area contributed by atoms with Gasteiger partial charge >= 0.3 is 12.1 Å². The Morgan fingerprint density at radius 3 is 2.07 bits per heavy atom. The molecule has 0 aliphatic heterocycles. The summed E-state index contributed by atoms with van der Waals surface area (Å²) in [6, 6.07) is 0. The van der Waals surface area contributed by atoms with Crippen molar-refractivity contribution in [1.29, 1.82) is 0 Å². The lowest BCUT2D eigenvalue weighted by Gasteiger charge is -2.25. The molecule has 0 saturated carbocycles. The summed E-state index contributed by atoms with van der Waals surface area (Å²) in [6.45, 7) is 9.76. The molecule has 0 bridgehead atoms. The van der Waals surface area contributed by atoms with E-state index in [0.29, 0.717) is 0 Å². The minimum absolute atomic E-state index is 0.662. The van der Waals surface area contributed by atoms with E-state index in [1.807, 2.05) is 0 Å². The fourth-order valence-corrected chi connectivity index (χ4v) is 0.707. The Bertz CT molecular complexity index is 280. The van der Waals surface area contributed by atoms with Crippen molar-refractivity contribution in [2.45, 2.75) is 38.8 Å². The van der Waals surface area contributed by atoms with Crippen LogP contribution in [0.4, 0.5) is 4.79 Å². The second-order valence-corrected chi connectivity index (χ2v) is 4.34. The average molecular weight is 215 g/mol. The molecule has 0 unspecified atom stereocenters. The van der Waals surface area contributed by atoms with Crippen LogP contribution in [0.1, 0.15) is 27.7 Å². The van der Waals surface area contributed by atoms with E-state index in [1.54, 1.807) is 20.8 Å². The molecule has 0 aliphatic carbocycles. The van der Waals surface area contributed by atoms with Crippen LogP contribution < -0.4 is 5.32 Å². The van der Waals surface area contributed by atoms with Crippen LogP contribution in [0.25, 0.3) is 0 Å². The first-order chi connectivity index (χ1) is 6.60. The van der Waals surface area contributed by atoms with E-state index in [-0.39, 0.29) is 0 Å². The maximum Gasteiger partial charge on any atom is 0.408 e. The molecule has 0 aromatic heterocycles. The van der Waals surface area contributed by atoms with Gasteiger partial charge in [-0.05, 0) is 27.7 Å². The van der Waals surface area contributed by atoms with Gasteiger partial charge in [-0.2, -0.15) is 0 Å². The fourth-order valence-electron chi connectivity index (χ4n) is 0.707. The first kappa shape index (κ1) is 13.5. The minimum atomic E-state index is -1.51. The first-order valence-corrected chi connectivity index (χ1v) is 4.49. The van der Waals surface area contributed by atoms with E-state index in [2.05, 4.69) is 11.9 Å². The van der Waals surface area contributed by atoms with Crippen molar-refractivity contribution in [1.82, 2.24) is 5.32 Å². The van der Waals surface area contributed by atoms with Gasteiger partial charge in [0.1, 0.15) is 5.60 Å². The Morgan fingerprint density at radius 1 is 1.33 bits per heavy atom. The minimum Gasteiger partial charge on any atom is -0.479 e. The lowest BCUT2D eigenvalue weighted by molar-refractivity contribution is -0.142. The Labute approximate surface area is 89.1 Å². The number of aliphatic carboxylic acids is 1. The number of rotatable bonds is 3. The van der Waals surface area contributed by atoms with E-state index >= 15 is 0 Å². The zero-order chi connectivity index (χ0) is 12.3. The molecule has 86 valence electrons. The molecule has 2 N–H and O–H groups in total. The van der Waals surface area contributed by atoms with Crippen LogP contribution >= 0.6 is 0 Å². The summed E-state index contributed by atoms with van der Waals surface area (Å²) in [5.41, 5.74) is -2.17. The van der Waals surface area contributed by atoms with E-state index < -0.39 is 23.2 Å². The first-order valence-electron chi connectivity index (χ1n) is 4.49. The molecule has 0 radical (unpaired) electrons. The van der Waals surface area contributed by atoms with Crippen LogP contribution in [0, 0.1) is 0 Å². The predicted molar refractivity (Wildman–Crippen MR) is 55.6 cm³/mol. The number of carbonyl (C=O) groups excluding carboxylic acids is 1. The molecule has 1 amide bonds. The van der Waals surface area contributed by atoms with Crippen molar-refractivity contribution in [3.8, 4) is 0 Å². The van der Waals surface area contributed by atoms with Gasteiger partial charge in [0.05, 0.1) is 0 Å². The number of nitrogens with one attached hydrogen (secondary N) is 1. The molecule has 0 saturated heterocycles. The lowest BCUT2D eigenvalue weighted by atomic mass is 10.0. The summed E-state index contributed by atoms with van der Waals surface area (Å²) < 4.78 is 4.92. The number of carboxylic acids is 1.